The number of halogens is 3. The van der Waals surface area contributed by atoms with Crippen LogP contribution in [0.2, 0.25) is 0 Å². The number of rotatable bonds is 6. The van der Waals surface area contributed by atoms with Crippen LogP contribution in [0.25, 0.3) is 0 Å². The number of aryl methyl sites for hydroxylation is 2. The molecule has 0 unspecified atom stereocenters. The number of carbonyl (C=O) groups is 2. The summed E-state index contributed by atoms with van der Waals surface area (Å²) < 4.78 is 39.3. The normalized spacial score (nSPS) is 10.4. The highest BCUT2D eigenvalue weighted by molar-refractivity contribution is 5.94. The standard InChI is InChI=1S/C18H17F3N2O2/c1-11-3-2-4-12(9-11)5-8-15(24)22-10-16(25)23-14-7-6-13(19)17(20)18(14)21/h2-4,6-7,9H,5,8,10H2,1H3,(H,22,24)(H,23,25). The van der Waals surface area contributed by atoms with E-state index >= 15 is 0 Å². The van der Waals surface area contributed by atoms with Crippen molar-refractivity contribution in [2.45, 2.75) is 19.8 Å². The van der Waals surface area contributed by atoms with Crippen molar-refractivity contribution in [1.29, 1.82) is 0 Å². The molecule has 2 rings (SSSR count). The Balaban J connectivity index is 1.80. The van der Waals surface area contributed by atoms with E-state index in [1.807, 2.05) is 31.2 Å². The molecular formula is C18H17F3N2O2. The predicted octanol–water partition coefficient (Wildman–Crippen LogP) is 3.10. The Bertz CT molecular complexity index is 794. The van der Waals surface area contributed by atoms with Crippen molar-refractivity contribution < 1.29 is 22.8 Å². The van der Waals surface area contributed by atoms with Gasteiger partial charge in [-0.25, -0.2) is 13.2 Å². The molecule has 0 aliphatic rings. The van der Waals surface area contributed by atoms with Crippen LogP contribution in [0.4, 0.5) is 18.9 Å². The van der Waals surface area contributed by atoms with Crippen LogP contribution in [0.1, 0.15) is 17.5 Å². The van der Waals surface area contributed by atoms with Crippen LogP contribution >= 0.6 is 0 Å². The summed E-state index contributed by atoms with van der Waals surface area (Å²) in [7, 11) is 0. The molecule has 2 aromatic carbocycles. The van der Waals surface area contributed by atoms with Crippen molar-refractivity contribution in [3.63, 3.8) is 0 Å². The van der Waals surface area contributed by atoms with E-state index in [1.54, 1.807) is 0 Å². The van der Waals surface area contributed by atoms with Gasteiger partial charge in [-0.3, -0.25) is 9.59 Å². The zero-order valence-corrected chi connectivity index (χ0v) is 13.5. The lowest BCUT2D eigenvalue weighted by atomic mass is 10.1. The number of hydrogen-bond acceptors (Lipinski definition) is 2. The second kappa shape index (κ2) is 8.32. The molecule has 0 saturated carbocycles. The first-order valence-electron chi connectivity index (χ1n) is 7.62. The van der Waals surface area contributed by atoms with Crippen LogP contribution in [0.5, 0.6) is 0 Å². The van der Waals surface area contributed by atoms with Crippen LogP contribution in [-0.4, -0.2) is 18.4 Å². The minimum Gasteiger partial charge on any atom is -0.347 e. The van der Waals surface area contributed by atoms with Gasteiger partial charge < -0.3 is 10.6 Å². The lowest BCUT2D eigenvalue weighted by Gasteiger charge is -2.08. The molecule has 2 amide bonds. The first-order valence-corrected chi connectivity index (χ1v) is 7.62. The number of carbonyl (C=O) groups excluding carboxylic acids is 2. The molecule has 0 aliphatic heterocycles. The Morgan fingerprint density at radius 1 is 1.00 bits per heavy atom. The van der Waals surface area contributed by atoms with Gasteiger partial charge in [-0.2, -0.15) is 0 Å². The number of nitrogens with one attached hydrogen (secondary N) is 2. The van der Waals surface area contributed by atoms with Gasteiger partial charge in [0.05, 0.1) is 12.2 Å². The number of amides is 2. The number of hydrogen-bond donors (Lipinski definition) is 2. The smallest absolute Gasteiger partial charge is 0.243 e. The maximum Gasteiger partial charge on any atom is 0.243 e. The molecule has 132 valence electrons. The summed E-state index contributed by atoms with van der Waals surface area (Å²) >= 11 is 0. The average molecular weight is 350 g/mol. The summed E-state index contributed by atoms with van der Waals surface area (Å²) in [5.74, 6) is -5.59. The zero-order chi connectivity index (χ0) is 18.4. The second-order valence-electron chi connectivity index (χ2n) is 5.54. The summed E-state index contributed by atoms with van der Waals surface area (Å²) in [5.41, 5.74) is 1.60. The van der Waals surface area contributed by atoms with E-state index in [0.29, 0.717) is 12.5 Å². The van der Waals surface area contributed by atoms with E-state index in [-0.39, 0.29) is 12.3 Å². The molecular weight excluding hydrogens is 333 g/mol. The molecule has 2 N–H and O–H groups in total. The van der Waals surface area contributed by atoms with Crippen molar-refractivity contribution in [3.8, 4) is 0 Å². The molecule has 0 bridgehead atoms. The highest BCUT2D eigenvalue weighted by atomic mass is 19.2. The first-order chi connectivity index (χ1) is 11.9. The van der Waals surface area contributed by atoms with Gasteiger partial charge in [0.25, 0.3) is 0 Å². The highest BCUT2D eigenvalue weighted by Gasteiger charge is 2.15. The van der Waals surface area contributed by atoms with Crippen molar-refractivity contribution >= 4 is 17.5 Å². The first kappa shape index (κ1) is 18.5. The summed E-state index contributed by atoms with van der Waals surface area (Å²) in [4.78, 5) is 23.4. The Morgan fingerprint density at radius 2 is 1.76 bits per heavy atom. The van der Waals surface area contributed by atoms with E-state index in [0.717, 1.165) is 17.2 Å². The molecule has 0 atom stereocenters. The third kappa shape index (κ3) is 5.34. The topological polar surface area (TPSA) is 58.2 Å². The highest BCUT2D eigenvalue weighted by Crippen LogP contribution is 2.19. The Morgan fingerprint density at radius 3 is 2.48 bits per heavy atom. The van der Waals surface area contributed by atoms with Gasteiger partial charge in [-0.15, -0.1) is 0 Å². The minimum atomic E-state index is -1.67. The van der Waals surface area contributed by atoms with Gasteiger partial charge in [0.1, 0.15) is 0 Å². The maximum atomic E-state index is 13.4. The van der Waals surface area contributed by atoms with Crippen LogP contribution in [0, 0.1) is 24.4 Å². The van der Waals surface area contributed by atoms with Gasteiger partial charge in [0.2, 0.25) is 11.8 Å². The molecule has 0 spiro atoms. The largest absolute Gasteiger partial charge is 0.347 e. The molecule has 7 heteroatoms. The van der Waals surface area contributed by atoms with Gasteiger partial charge >= 0.3 is 0 Å². The molecule has 4 nitrogen and oxygen atoms in total. The molecule has 2 aromatic rings. The summed E-state index contributed by atoms with van der Waals surface area (Å²) in [6, 6.07) is 9.32. The van der Waals surface area contributed by atoms with E-state index in [9.17, 15) is 22.8 Å². The number of anilines is 1. The maximum absolute atomic E-state index is 13.4. The summed E-state index contributed by atoms with van der Waals surface area (Å²) in [5, 5.41) is 4.47. The Hall–Kier alpha value is -2.83. The summed E-state index contributed by atoms with van der Waals surface area (Å²) in [6.45, 7) is 1.55. The van der Waals surface area contributed by atoms with Gasteiger partial charge in [0, 0.05) is 6.42 Å². The van der Waals surface area contributed by atoms with Gasteiger partial charge in [-0.1, -0.05) is 29.8 Å². The van der Waals surface area contributed by atoms with E-state index in [4.69, 9.17) is 0 Å². The third-order valence-electron chi connectivity index (χ3n) is 3.48. The van der Waals surface area contributed by atoms with E-state index in [1.165, 1.54) is 0 Å². The molecule has 0 aliphatic carbocycles. The average Bonchev–Trinajstić information content (AvgIpc) is 2.59. The van der Waals surface area contributed by atoms with Crippen LogP contribution in [0.3, 0.4) is 0 Å². The Kier molecular flexibility index (Phi) is 6.16. The molecule has 25 heavy (non-hydrogen) atoms. The van der Waals surface area contributed by atoms with Crippen LogP contribution < -0.4 is 10.6 Å². The zero-order valence-electron chi connectivity index (χ0n) is 13.5. The van der Waals surface area contributed by atoms with Crippen LogP contribution in [-0.2, 0) is 16.0 Å². The van der Waals surface area contributed by atoms with E-state index in [2.05, 4.69) is 10.6 Å². The molecule has 0 fully saturated rings. The predicted molar refractivity (Wildman–Crippen MR) is 87.5 cm³/mol. The molecule has 0 saturated heterocycles. The third-order valence-corrected chi connectivity index (χ3v) is 3.48. The van der Waals surface area contributed by atoms with Gasteiger partial charge in [-0.05, 0) is 31.0 Å². The fraction of sp³-hybridized carbons (Fsp3) is 0.222. The SMILES string of the molecule is Cc1cccc(CCC(=O)NCC(=O)Nc2ccc(F)c(F)c2F)c1. The summed E-state index contributed by atoms with van der Waals surface area (Å²) in [6.07, 6.45) is 0.712. The van der Waals surface area contributed by atoms with Crippen molar-refractivity contribution in [2.24, 2.45) is 0 Å². The monoisotopic (exact) mass is 350 g/mol. The van der Waals surface area contributed by atoms with Gasteiger partial charge in [0.15, 0.2) is 17.5 Å². The van der Waals surface area contributed by atoms with E-state index < -0.39 is 35.6 Å². The quantitative estimate of drug-likeness (QED) is 0.787. The fourth-order valence-electron chi connectivity index (χ4n) is 2.21. The van der Waals surface area contributed by atoms with Crippen molar-refractivity contribution in [2.75, 3.05) is 11.9 Å². The number of benzene rings is 2. The van der Waals surface area contributed by atoms with Crippen molar-refractivity contribution in [3.05, 3.63) is 65.0 Å². The fourth-order valence-corrected chi connectivity index (χ4v) is 2.21. The van der Waals surface area contributed by atoms with Crippen molar-refractivity contribution in [1.82, 2.24) is 5.32 Å². The lowest BCUT2D eigenvalue weighted by Crippen LogP contribution is -2.33. The second-order valence-corrected chi connectivity index (χ2v) is 5.54. The molecule has 0 radical (unpaired) electrons. The Labute approximate surface area is 143 Å². The molecule has 0 heterocycles. The minimum absolute atomic E-state index is 0.191. The molecule has 0 aromatic heterocycles. The lowest BCUT2D eigenvalue weighted by molar-refractivity contribution is -0.124. The van der Waals surface area contributed by atoms with Crippen LogP contribution in [0.15, 0.2) is 36.4 Å².